The summed E-state index contributed by atoms with van der Waals surface area (Å²) in [5.41, 5.74) is 2.19. The number of carbonyl (C=O) groups is 1. The molecule has 3 heterocycles. The Kier molecular flexibility index (Phi) is 6.76. The van der Waals surface area contributed by atoms with Crippen molar-refractivity contribution in [3.63, 3.8) is 0 Å². The number of hydrogen-bond acceptors (Lipinski definition) is 6. The number of hydrogen-bond donors (Lipinski definition) is 1. The second-order valence-corrected chi connectivity index (χ2v) is 7.33. The van der Waals surface area contributed by atoms with Crippen molar-refractivity contribution < 1.29 is 14.6 Å². The third-order valence-electron chi connectivity index (χ3n) is 4.71. The number of nitrogens with zero attached hydrogens (tertiary/aromatic N) is 5. The Morgan fingerprint density at radius 2 is 2.00 bits per heavy atom. The maximum atomic E-state index is 12.8. The van der Waals surface area contributed by atoms with Crippen LogP contribution in [0.15, 0.2) is 18.6 Å². The van der Waals surface area contributed by atoms with Gasteiger partial charge in [0.15, 0.2) is 5.65 Å². The number of rotatable bonds is 8. The zero-order valence-electron chi connectivity index (χ0n) is 16.2. The number of piperazine rings is 1. The molecule has 148 valence electrons. The van der Waals surface area contributed by atoms with Crippen LogP contribution in [0.2, 0.25) is 0 Å². The summed E-state index contributed by atoms with van der Waals surface area (Å²) in [4.78, 5) is 25.9. The fourth-order valence-corrected chi connectivity index (χ4v) is 3.31. The minimum atomic E-state index is 0.0130. The van der Waals surface area contributed by atoms with Crippen LogP contribution in [0.5, 0.6) is 0 Å². The summed E-state index contributed by atoms with van der Waals surface area (Å²) in [6.07, 6.45) is 3.46. The van der Waals surface area contributed by atoms with Crippen molar-refractivity contribution in [1.82, 2.24) is 24.3 Å². The average molecular weight is 375 g/mol. The van der Waals surface area contributed by atoms with E-state index in [4.69, 9.17) is 9.84 Å². The number of aromatic nitrogens is 3. The van der Waals surface area contributed by atoms with E-state index in [9.17, 15) is 4.79 Å². The Bertz CT molecular complexity index is 753. The SMILES string of the molecule is CC(C)Cn1cnc2cc(C(=O)N3CCN(CCOCCO)CC3)cnc21. The molecule has 2 aromatic rings. The Morgan fingerprint density at radius 1 is 1.22 bits per heavy atom. The summed E-state index contributed by atoms with van der Waals surface area (Å²) in [5.74, 6) is 0.523. The molecule has 8 heteroatoms. The second kappa shape index (κ2) is 9.25. The molecule has 0 spiro atoms. The molecule has 1 fully saturated rings. The lowest BCUT2D eigenvalue weighted by molar-refractivity contribution is 0.0486. The van der Waals surface area contributed by atoms with Gasteiger partial charge in [0.1, 0.15) is 5.52 Å². The van der Waals surface area contributed by atoms with Crippen molar-refractivity contribution in [1.29, 1.82) is 0 Å². The van der Waals surface area contributed by atoms with Gasteiger partial charge in [-0.15, -0.1) is 0 Å². The summed E-state index contributed by atoms with van der Waals surface area (Å²) >= 11 is 0. The van der Waals surface area contributed by atoms with E-state index in [1.54, 1.807) is 12.5 Å². The number of imidazole rings is 1. The van der Waals surface area contributed by atoms with Gasteiger partial charge < -0.3 is 19.3 Å². The standard InChI is InChI=1S/C19H29N5O3/c1-15(2)13-24-14-21-17-11-16(12-20-18(17)24)19(26)23-5-3-22(4-6-23)7-9-27-10-8-25/h11-12,14-15,25H,3-10,13H2,1-2H3. The number of fused-ring (bicyclic) bond motifs is 1. The molecular weight excluding hydrogens is 346 g/mol. The van der Waals surface area contributed by atoms with Crippen molar-refractivity contribution in [2.75, 3.05) is 52.5 Å². The van der Waals surface area contributed by atoms with E-state index in [0.717, 1.165) is 37.3 Å². The first-order valence-corrected chi connectivity index (χ1v) is 9.59. The first-order valence-electron chi connectivity index (χ1n) is 9.59. The largest absolute Gasteiger partial charge is 0.394 e. The molecule has 2 aromatic heterocycles. The molecule has 0 atom stereocenters. The van der Waals surface area contributed by atoms with Crippen LogP contribution in [0.1, 0.15) is 24.2 Å². The van der Waals surface area contributed by atoms with Gasteiger partial charge in [-0.05, 0) is 12.0 Å². The highest BCUT2D eigenvalue weighted by molar-refractivity contribution is 5.96. The van der Waals surface area contributed by atoms with E-state index in [1.165, 1.54) is 0 Å². The van der Waals surface area contributed by atoms with E-state index in [0.29, 0.717) is 37.8 Å². The van der Waals surface area contributed by atoms with Crippen LogP contribution in [0.4, 0.5) is 0 Å². The second-order valence-electron chi connectivity index (χ2n) is 7.33. The topological polar surface area (TPSA) is 83.7 Å². The molecule has 3 rings (SSSR count). The molecule has 0 saturated carbocycles. The van der Waals surface area contributed by atoms with Crippen molar-refractivity contribution in [3.8, 4) is 0 Å². The van der Waals surface area contributed by atoms with Gasteiger partial charge >= 0.3 is 0 Å². The molecule has 0 aliphatic carbocycles. The lowest BCUT2D eigenvalue weighted by Crippen LogP contribution is -2.49. The van der Waals surface area contributed by atoms with Crippen molar-refractivity contribution in [3.05, 3.63) is 24.2 Å². The first-order chi connectivity index (χ1) is 13.1. The third-order valence-corrected chi connectivity index (χ3v) is 4.71. The molecule has 1 saturated heterocycles. The van der Waals surface area contributed by atoms with Gasteiger partial charge in [-0.1, -0.05) is 13.8 Å². The third kappa shape index (κ3) is 5.03. The van der Waals surface area contributed by atoms with E-state index < -0.39 is 0 Å². The van der Waals surface area contributed by atoms with Crippen LogP contribution in [-0.2, 0) is 11.3 Å². The van der Waals surface area contributed by atoms with Crippen LogP contribution in [0, 0.1) is 5.92 Å². The Morgan fingerprint density at radius 3 is 2.70 bits per heavy atom. The molecule has 1 aliphatic heterocycles. The van der Waals surface area contributed by atoms with Gasteiger partial charge in [0.2, 0.25) is 0 Å². The number of carbonyl (C=O) groups excluding carboxylic acids is 1. The molecule has 0 radical (unpaired) electrons. The minimum absolute atomic E-state index is 0.0130. The van der Waals surface area contributed by atoms with Crippen molar-refractivity contribution >= 4 is 17.1 Å². The predicted molar refractivity (Wildman–Crippen MR) is 103 cm³/mol. The van der Waals surface area contributed by atoms with Gasteiger partial charge in [-0.3, -0.25) is 9.69 Å². The number of amides is 1. The monoisotopic (exact) mass is 375 g/mol. The summed E-state index contributed by atoms with van der Waals surface area (Å²) < 4.78 is 7.34. The van der Waals surface area contributed by atoms with Gasteiger partial charge in [0.05, 0.1) is 31.7 Å². The van der Waals surface area contributed by atoms with Gasteiger partial charge in [-0.2, -0.15) is 0 Å². The van der Waals surface area contributed by atoms with E-state index in [-0.39, 0.29) is 12.5 Å². The van der Waals surface area contributed by atoms with Crippen LogP contribution < -0.4 is 0 Å². The van der Waals surface area contributed by atoms with Crippen LogP contribution in [0.3, 0.4) is 0 Å². The molecule has 1 N–H and O–H groups in total. The zero-order valence-corrected chi connectivity index (χ0v) is 16.2. The average Bonchev–Trinajstić information content (AvgIpc) is 3.06. The van der Waals surface area contributed by atoms with Crippen molar-refractivity contribution in [2.24, 2.45) is 5.92 Å². The minimum Gasteiger partial charge on any atom is -0.394 e. The normalized spacial score (nSPS) is 15.8. The van der Waals surface area contributed by atoms with Gasteiger partial charge in [-0.25, -0.2) is 9.97 Å². The highest BCUT2D eigenvalue weighted by Crippen LogP contribution is 2.16. The van der Waals surface area contributed by atoms with Crippen LogP contribution in [0.25, 0.3) is 11.2 Å². The molecule has 1 aliphatic rings. The summed E-state index contributed by atoms with van der Waals surface area (Å²) in [5, 5.41) is 8.72. The molecular formula is C19H29N5O3. The Balaban J connectivity index is 1.57. The summed E-state index contributed by atoms with van der Waals surface area (Å²) in [6, 6.07) is 1.84. The highest BCUT2D eigenvalue weighted by atomic mass is 16.5. The lowest BCUT2D eigenvalue weighted by atomic mass is 10.2. The lowest BCUT2D eigenvalue weighted by Gasteiger charge is -2.34. The molecule has 0 bridgehead atoms. The molecule has 0 aromatic carbocycles. The summed E-state index contributed by atoms with van der Waals surface area (Å²) in [6.45, 7) is 10.1. The fourth-order valence-electron chi connectivity index (χ4n) is 3.31. The fraction of sp³-hybridized carbons (Fsp3) is 0.632. The maximum Gasteiger partial charge on any atom is 0.255 e. The van der Waals surface area contributed by atoms with Gasteiger partial charge in [0, 0.05) is 45.5 Å². The number of pyridine rings is 1. The quantitative estimate of drug-likeness (QED) is 0.689. The van der Waals surface area contributed by atoms with Crippen LogP contribution >= 0.6 is 0 Å². The maximum absolute atomic E-state index is 12.8. The van der Waals surface area contributed by atoms with E-state index in [2.05, 4.69) is 28.7 Å². The Labute approximate surface area is 159 Å². The number of ether oxygens (including phenoxy) is 1. The first kappa shape index (κ1) is 19.7. The van der Waals surface area contributed by atoms with Crippen molar-refractivity contribution in [2.45, 2.75) is 20.4 Å². The zero-order chi connectivity index (χ0) is 19.2. The molecule has 8 nitrogen and oxygen atoms in total. The van der Waals surface area contributed by atoms with E-state index in [1.807, 2.05) is 15.5 Å². The Hall–Kier alpha value is -2.03. The highest BCUT2D eigenvalue weighted by Gasteiger charge is 2.22. The number of aliphatic hydroxyl groups excluding tert-OH is 1. The summed E-state index contributed by atoms with van der Waals surface area (Å²) in [7, 11) is 0. The van der Waals surface area contributed by atoms with E-state index >= 15 is 0 Å². The molecule has 0 unspecified atom stereocenters. The predicted octanol–water partition coefficient (Wildman–Crippen LogP) is 0.854. The van der Waals surface area contributed by atoms with Crippen LogP contribution in [-0.4, -0.2) is 87.9 Å². The molecule has 1 amide bonds. The molecule has 27 heavy (non-hydrogen) atoms. The van der Waals surface area contributed by atoms with Gasteiger partial charge in [0.25, 0.3) is 5.91 Å². The number of aliphatic hydroxyl groups is 1. The smallest absolute Gasteiger partial charge is 0.255 e.